The van der Waals surface area contributed by atoms with Crippen molar-refractivity contribution in [2.75, 3.05) is 19.6 Å². The molecule has 1 unspecified atom stereocenters. The average Bonchev–Trinajstić information content (AvgIpc) is 2.63. The van der Waals surface area contributed by atoms with Gasteiger partial charge in [0.15, 0.2) is 0 Å². The Morgan fingerprint density at radius 2 is 1.85 bits per heavy atom. The van der Waals surface area contributed by atoms with Gasteiger partial charge in [-0.05, 0) is 24.8 Å². The maximum atomic E-state index is 12.4. The van der Waals surface area contributed by atoms with Gasteiger partial charge in [-0.3, -0.25) is 14.4 Å². The number of benzene rings is 1. The number of carbonyl (C=O) groups excluding carboxylic acids is 2. The highest BCUT2D eigenvalue weighted by atomic mass is 16.4. The van der Waals surface area contributed by atoms with Crippen molar-refractivity contribution in [1.29, 1.82) is 0 Å². The SMILES string of the molecule is CCC(CNC(=O)CN1CCCCCCC1=O)(C(=O)O)c1ccccc1. The summed E-state index contributed by atoms with van der Waals surface area (Å²) in [4.78, 5) is 38.1. The molecule has 0 radical (unpaired) electrons. The lowest BCUT2D eigenvalue weighted by Crippen LogP contribution is -2.49. The van der Waals surface area contributed by atoms with Crippen LogP contribution in [0.3, 0.4) is 0 Å². The molecule has 2 rings (SSSR count). The lowest BCUT2D eigenvalue weighted by molar-refractivity contribution is -0.144. The van der Waals surface area contributed by atoms with Crippen LogP contribution in [0.1, 0.15) is 51.0 Å². The highest BCUT2D eigenvalue weighted by Gasteiger charge is 2.39. The van der Waals surface area contributed by atoms with E-state index < -0.39 is 11.4 Å². The third-order valence-corrected chi connectivity index (χ3v) is 5.18. The van der Waals surface area contributed by atoms with Crippen molar-refractivity contribution in [3.05, 3.63) is 35.9 Å². The maximum absolute atomic E-state index is 12.4. The van der Waals surface area contributed by atoms with Crippen molar-refractivity contribution in [3.8, 4) is 0 Å². The number of hydrogen-bond donors (Lipinski definition) is 2. The monoisotopic (exact) mass is 360 g/mol. The number of nitrogens with one attached hydrogen (secondary N) is 1. The molecule has 0 aliphatic carbocycles. The molecule has 0 spiro atoms. The summed E-state index contributed by atoms with van der Waals surface area (Å²) in [7, 11) is 0. The summed E-state index contributed by atoms with van der Waals surface area (Å²) >= 11 is 0. The molecule has 1 heterocycles. The van der Waals surface area contributed by atoms with Crippen LogP contribution in [-0.4, -0.2) is 47.4 Å². The minimum atomic E-state index is -1.17. The Morgan fingerprint density at radius 1 is 1.15 bits per heavy atom. The van der Waals surface area contributed by atoms with E-state index in [-0.39, 0.29) is 24.9 Å². The fourth-order valence-corrected chi connectivity index (χ4v) is 3.40. The molecule has 1 aliphatic heterocycles. The van der Waals surface area contributed by atoms with Crippen LogP contribution >= 0.6 is 0 Å². The van der Waals surface area contributed by atoms with Crippen molar-refractivity contribution < 1.29 is 19.5 Å². The first kappa shape index (κ1) is 19.9. The Morgan fingerprint density at radius 3 is 2.50 bits per heavy atom. The van der Waals surface area contributed by atoms with Gasteiger partial charge in [-0.15, -0.1) is 0 Å². The first-order valence-electron chi connectivity index (χ1n) is 9.33. The first-order chi connectivity index (χ1) is 12.5. The van der Waals surface area contributed by atoms with Crippen LogP contribution in [0, 0.1) is 0 Å². The summed E-state index contributed by atoms with van der Waals surface area (Å²) in [5.41, 5.74) is -0.505. The number of rotatable bonds is 7. The van der Waals surface area contributed by atoms with E-state index in [1.807, 2.05) is 6.07 Å². The van der Waals surface area contributed by atoms with E-state index in [1.54, 1.807) is 36.1 Å². The standard InChI is InChI=1S/C20H28N2O4/c1-2-20(19(25)26,16-10-6-5-7-11-16)15-21-17(23)14-22-13-9-4-3-8-12-18(22)24/h5-7,10-11H,2-4,8-9,12-15H2,1H3,(H,21,23)(H,25,26). The molecular weight excluding hydrogens is 332 g/mol. The number of carboxylic acids is 1. The third-order valence-electron chi connectivity index (χ3n) is 5.18. The quantitative estimate of drug-likeness (QED) is 0.781. The van der Waals surface area contributed by atoms with Gasteiger partial charge in [-0.1, -0.05) is 50.1 Å². The van der Waals surface area contributed by atoms with Gasteiger partial charge in [-0.25, -0.2) is 0 Å². The summed E-state index contributed by atoms with van der Waals surface area (Å²) in [6.07, 6.45) is 4.72. The summed E-state index contributed by atoms with van der Waals surface area (Å²) in [5, 5.41) is 12.6. The lowest BCUT2D eigenvalue weighted by Gasteiger charge is -2.30. The number of likely N-dealkylation sites (tertiary alicyclic amines) is 1. The molecule has 0 saturated carbocycles. The van der Waals surface area contributed by atoms with E-state index in [4.69, 9.17) is 0 Å². The van der Waals surface area contributed by atoms with Gasteiger partial charge in [0.25, 0.3) is 0 Å². The van der Waals surface area contributed by atoms with Gasteiger partial charge >= 0.3 is 5.97 Å². The fourth-order valence-electron chi connectivity index (χ4n) is 3.40. The van der Waals surface area contributed by atoms with Crippen LogP contribution in [0.5, 0.6) is 0 Å². The molecule has 1 aromatic rings. The predicted octanol–water partition coefficient (Wildman–Crippen LogP) is 2.33. The van der Waals surface area contributed by atoms with Crippen molar-refractivity contribution in [3.63, 3.8) is 0 Å². The molecule has 6 nitrogen and oxygen atoms in total. The summed E-state index contributed by atoms with van der Waals surface area (Å²) < 4.78 is 0. The van der Waals surface area contributed by atoms with E-state index in [0.29, 0.717) is 24.9 Å². The largest absolute Gasteiger partial charge is 0.481 e. The number of amides is 2. The Balaban J connectivity index is 2.02. The van der Waals surface area contributed by atoms with Crippen molar-refractivity contribution in [2.45, 2.75) is 50.9 Å². The molecule has 1 fully saturated rings. The second-order valence-electron chi connectivity index (χ2n) is 6.86. The van der Waals surface area contributed by atoms with Gasteiger partial charge in [0.1, 0.15) is 5.41 Å². The molecule has 142 valence electrons. The van der Waals surface area contributed by atoms with Crippen molar-refractivity contribution >= 4 is 17.8 Å². The molecule has 0 aromatic heterocycles. The Bertz CT molecular complexity index is 632. The average molecular weight is 360 g/mol. The third kappa shape index (κ3) is 4.84. The van der Waals surface area contributed by atoms with Gasteiger partial charge in [0.2, 0.25) is 11.8 Å². The predicted molar refractivity (Wildman–Crippen MR) is 98.7 cm³/mol. The number of carboxylic acid groups (broad SMARTS) is 1. The normalized spacial score (nSPS) is 17.7. The second kappa shape index (κ2) is 9.36. The van der Waals surface area contributed by atoms with Gasteiger partial charge in [0, 0.05) is 19.5 Å². The number of aliphatic carboxylic acids is 1. The second-order valence-corrected chi connectivity index (χ2v) is 6.86. The zero-order valence-corrected chi connectivity index (χ0v) is 15.4. The number of carbonyl (C=O) groups is 3. The number of nitrogens with zero attached hydrogens (tertiary/aromatic N) is 1. The van der Waals surface area contributed by atoms with Crippen LogP contribution in [0.25, 0.3) is 0 Å². The molecule has 26 heavy (non-hydrogen) atoms. The van der Waals surface area contributed by atoms with E-state index >= 15 is 0 Å². The molecule has 1 aliphatic rings. The summed E-state index contributed by atoms with van der Waals surface area (Å²) in [6.45, 7) is 2.38. The Hall–Kier alpha value is -2.37. The molecule has 6 heteroatoms. The van der Waals surface area contributed by atoms with E-state index in [2.05, 4.69) is 5.32 Å². The molecule has 1 atom stereocenters. The maximum Gasteiger partial charge on any atom is 0.315 e. The van der Waals surface area contributed by atoms with Crippen LogP contribution in [0.2, 0.25) is 0 Å². The molecule has 2 N–H and O–H groups in total. The molecule has 1 saturated heterocycles. The molecule has 2 amide bonds. The highest BCUT2D eigenvalue weighted by molar-refractivity contribution is 5.86. The van der Waals surface area contributed by atoms with E-state index in [9.17, 15) is 19.5 Å². The van der Waals surface area contributed by atoms with Gasteiger partial charge < -0.3 is 15.3 Å². The van der Waals surface area contributed by atoms with Crippen LogP contribution < -0.4 is 5.32 Å². The Kier molecular flexibility index (Phi) is 7.18. The topological polar surface area (TPSA) is 86.7 Å². The van der Waals surface area contributed by atoms with Crippen molar-refractivity contribution in [1.82, 2.24) is 10.2 Å². The van der Waals surface area contributed by atoms with Crippen LogP contribution in [-0.2, 0) is 19.8 Å². The van der Waals surface area contributed by atoms with E-state index in [1.165, 1.54) is 0 Å². The smallest absolute Gasteiger partial charge is 0.315 e. The van der Waals surface area contributed by atoms with Crippen LogP contribution in [0.4, 0.5) is 0 Å². The number of hydrogen-bond acceptors (Lipinski definition) is 3. The fraction of sp³-hybridized carbons (Fsp3) is 0.550. The minimum Gasteiger partial charge on any atom is -0.481 e. The van der Waals surface area contributed by atoms with Gasteiger partial charge in [0.05, 0.1) is 6.54 Å². The molecule has 0 bridgehead atoms. The van der Waals surface area contributed by atoms with Crippen molar-refractivity contribution in [2.24, 2.45) is 0 Å². The van der Waals surface area contributed by atoms with Gasteiger partial charge in [-0.2, -0.15) is 0 Å². The first-order valence-corrected chi connectivity index (χ1v) is 9.33. The Labute approximate surface area is 154 Å². The highest BCUT2D eigenvalue weighted by Crippen LogP contribution is 2.27. The zero-order chi connectivity index (χ0) is 19.0. The lowest BCUT2D eigenvalue weighted by atomic mass is 9.78. The summed E-state index contributed by atoms with van der Waals surface area (Å²) in [6, 6.07) is 8.96. The van der Waals surface area contributed by atoms with E-state index in [0.717, 1.165) is 25.7 Å². The summed E-state index contributed by atoms with van der Waals surface area (Å²) in [5.74, 6) is -1.27. The van der Waals surface area contributed by atoms with Crippen LogP contribution in [0.15, 0.2) is 30.3 Å². The molecule has 1 aromatic carbocycles. The minimum absolute atomic E-state index is 0.00268. The molecular formula is C20H28N2O4. The zero-order valence-electron chi connectivity index (χ0n) is 15.4.